The van der Waals surface area contributed by atoms with Gasteiger partial charge >= 0.3 is 0 Å². The summed E-state index contributed by atoms with van der Waals surface area (Å²) in [5, 5.41) is 14.8. The van der Waals surface area contributed by atoms with Crippen LogP contribution in [0.2, 0.25) is 0 Å². The van der Waals surface area contributed by atoms with Gasteiger partial charge in [-0.2, -0.15) is 0 Å². The van der Waals surface area contributed by atoms with Gasteiger partial charge in [-0.15, -0.1) is 11.3 Å². The molecule has 1 amide bonds. The van der Waals surface area contributed by atoms with Crippen molar-refractivity contribution in [3.05, 3.63) is 88.5 Å². The Morgan fingerprint density at radius 2 is 1.71 bits per heavy atom. The van der Waals surface area contributed by atoms with Crippen molar-refractivity contribution in [1.29, 1.82) is 0 Å². The lowest BCUT2D eigenvalue weighted by Crippen LogP contribution is -2.15. The first-order valence-electron chi connectivity index (χ1n) is 8.59. The number of fused-ring (bicyclic) bond motifs is 1. The summed E-state index contributed by atoms with van der Waals surface area (Å²) in [4.78, 5) is 27.9. The van der Waals surface area contributed by atoms with Gasteiger partial charge in [0.25, 0.3) is 5.69 Å². The number of hydrogen-bond acceptors (Lipinski definition) is 5. The van der Waals surface area contributed by atoms with E-state index in [4.69, 9.17) is 0 Å². The molecule has 0 aliphatic rings. The summed E-state index contributed by atoms with van der Waals surface area (Å²) >= 11 is 1.55. The van der Waals surface area contributed by atoms with Gasteiger partial charge in [-0.3, -0.25) is 14.9 Å². The number of hydrogen-bond donors (Lipinski definition) is 1. The van der Waals surface area contributed by atoms with Gasteiger partial charge < -0.3 is 5.32 Å². The number of anilines is 1. The number of thiazole rings is 1. The molecule has 0 atom stereocenters. The highest BCUT2D eigenvalue weighted by Crippen LogP contribution is 2.34. The Bertz CT molecular complexity index is 1150. The molecule has 0 saturated carbocycles. The molecule has 0 aliphatic heterocycles. The molecule has 6 nitrogen and oxygen atoms in total. The van der Waals surface area contributed by atoms with Crippen LogP contribution in [0, 0.1) is 10.1 Å². The Kier molecular flexibility index (Phi) is 4.82. The van der Waals surface area contributed by atoms with E-state index >= 15 is 0 Å². The molecule has 3 aromatic carbocycles. The number of aromatic nitrogens is 1. The number of carbonyl (C=O) groups excluding carboxylic acids is 1. The zero-order valence-corrected chi connectivity index (χ0v) is 15.5. The number of amides is 1. The van der Waals surface area contributed by atoms with Crippen LogP contribution in [0.15, 0.2) is 72.8 Å². The van der Waals surface area contributed by atoms with Crippen LogP contribution < -0.4 is 5.32 Å². The number of nitrogens with one attached hydrogen (secondary N) is 1. The fourth-order valence-electron chi connectivity index (χ4n) is 2.97. The first kappa shape index (κ1) is 17.8. The lowest BCUT2D eigenvalue weighted by molar-refractivity contribution is -0.385. The minimum absolute atomic E-state index is 0.0582. The Labute approximate surface area is 164 Å². The van der Waals surface area contributed by atoms with Gasteiger partial charge in [-0.05, 0) is 24.3 Å². The van der Waals surface area contributed by atoms with Crippen molar-refractivity contribution in [3.63, 3.8) is 0 Å². The summed E-state index contributed by atoms with van der Waals surface area (Å²) < 4.78 is 1.07. The van der Waals surface area contributed by atoms with Crippen molar-refractivity contribution < 1.29 is 9.72 Å². The summed E-state index contributed by atoms with van der Waals surface area (Å²) in [6.45, 7) is 0. The molecular weight excluding hydrogens is 374 g/mol. The molecule has 0 radical (unpaired) electrons. The zero-order chi connectivity index (χ0) is 19.5. The predicted octanol–water partition coefficient (Wildman–Crippen LogP) is 5.05. The Hall–Kier alpha value is -3.58. The second kappa shape index (κ2) is 7.58. The highest BCUT2D eigenvalue weighted by molar-refractivity contribution is 7.21. The van der Waals surface area contributed by atoms with Gasteiger partial charge in [0.2, 0.25) is 5.91 Å². The molecule has 28 heavy (non-hydrogen) atoms. The highest BCUT2D eigenvalue weighted by Gasteiger charge is 2.17. The maximum absolute atomic E-state index is 12.6. The van der Waals surface area contributed by atoms with Crippen LogP contribution in [-0.4, -0.2) is 15.8 Å². The van der Waals surface area contributed by atoms with Gasteiger partial charge in [-0.25, -0.2) is 4.98 Å². The lowest BCUT2D eigenvalue weighted by atomic mass is 10.1. The average molecular weight is 389 g/mol. The number of para-hydroxylation sites is 3. The quantitative estimate of drug-likeness (QED) is 0.382. The highest BCUT2D eigenvalue weighted by atomic mass is 32.1. The summed E-state index contributed by atoms with van der Waals surface area (Å²) in [5.41, 5.74) is 2.67. The van der Waals surface area contributed by atoms with Gasteiger partial charge in [0, 0.05) is 17.2 Å². The Morgan fingerprint density at radius 1 is 1.00 bits per heavy atom. The molecule has 4 aromatic rings. The standard InChI is InChI=1S/C21H15N3O3S/c25-20(13-14-7-1-5-11-18(14)24(26)27)22-16-9-3-2-8-15(16)21-23-17-10-4-6-12-19(17)28-21/h1-12H,13H2,(H,22,25). The summed E-state index contributed by atoms with van der Waals surface area (Å²) in [6.07, 6.45) is -0.0780. The molecule has 0 saturated heterocycles. The fourth-order valence-corrected chi connectivity index (χ4v) is 3.98. The monoisotopic (exact) mass is 389 g/mol. The van der Waals surface area contributed by atoms with E-state index in [0.29, 0.717) is 11.3 Å². The number of benzene rings is 3. The van der Waals surface area contributed by atoms with E-state index in [1.807, 2.05) is 42.5 Å². The van der Waals surface area contributed by atoms with Crippen molar-refractivity contribution in [2.75, 3.05) is 5.32 Å². The second-order valence-corrected chi connectivity index (χ2v) is 7.17. The van der Waals surface area contributed by atoms with Crippen LogP contribution in [0.3, 0.4) is 0 Å². The zero-order valence-electron chi connectivity index (χ0n) is 14.7. The second-order valence-electron chi connectivity index (χ2n) is 6.14. The van der Waals surface area contributed by atoms with Crippen LogP contribution in [0.25, 0.3) is 20.8 Å². The molecule has 0 fully saturated rings. The predicted molar refractivity (Wildman–Crippen MR) is 110 cm³/mol. The molecule has 138 valence electrons. The number of nitro groups is 1. The minimum Gasteiger partial charge on any atom is -0.325 e. The number of carbonyl (C=O) groups is 1. The summed E-state index contributed by atoms with van der Waals surface area (Å²) in [5.74, 6) is -0.317. The molecule has 0 bridgehead atoms. The van der Waals surface area contributed by atoms with Crippen LogP contribution >= 0.6 is 11.3 Å². The third kappa shape index (κ3) is 3.60. The molecule has 1 N–H and O–H groups in total. The average Bonchev–Trinajstić information content (AvgIpc) is 3.12. The molecule has 4 rings (SSSR count). The summed E-state index contributed by atoms with van der Waals surface area (Å²) in [6, 6.07) is 21.5. The van der Waals surface area contributed by atoms with Crippen molar-refractivity contribution >= 4 is 38.8 Å². The lowest BCUT2D eigenvalue weighted by Gasteiger charge is -2.09. The van der Waals surface area contributed by atoms with Crippen molar-refractivity contribution in [1.82, 2.24) is 4.98 Å². The third-order valence-corrected chi connectivity index (χ3v) is 5.33. The van der Waals surface area contributed by atoms with E-state index in [2.05, 4.69) is 10.3 Å². The van der Waals surface area contributed by atoms with Gasteiger partial charge in [0.05, 0.1) is 27.2 Å². The first-order chi connectivity index (χ1) is 13.6. The molecule has 0 spiro atoms. The first-order valence-corrected chi connectivity index (χ1v) is 9.40. The molecule has 0 unspecified atom stereocenters. The molecule has 0 aliphatic carbocycles. The van der Waals surface area contributed by atoms with Gasteiger partial charge in [-0.1, -0.05) is 42.5 Å². The molecule has 1 heterocycles. The molecule has 1 aromatic heterocycles. The van der Waals surface area contributed by atoms with E-state index in [1.165, 1.54) is 6.07 Å². The molecular formula is C21H15N3O3S. The normalized spacial score (nSPS) is 10.7. The number of nitrogens with zero attached hydrogens (tertiary/aromatic N) is 2. The summed E-state index contributed by atoms with van der Waals surface area (Å²) in [7, 11) is 0. The van der Waals surface area contributed by atoms with Crippen LogP contribution in [-0.2, 0) is 11.2 Å². The van der Waals surface area contributed by atoms with Crippen molar-refractivity contribution in [2.45, 2.75) is 6.42 Å². The smallest absolute Gasteiger partial charge is 0.273 e. The Morgan fingerprint density at radius 3 is 2.54 bits per heavy atom. The largest absolute Gasteiger partial charge is 0.325 e. The van der Waals surface area contributed by atoms with Crippen LogP contribution in [0.1, 0.15) is 5.56 Å². The van der Waals surface area contributed by atoms with E-state index in [9.17, 15) is 14.9 Å². The SMILES string of the molecule is O=C(Cc1ccccc1[N+](=O)[O-])Nc1ccccc1-c1nc2ccccc2s1. The third-order valence-electron chi connectivity index (χ3n) is 4.26. The number of rotatable bonds is 5. The van der Waals surface area contributed by atoms with Crippen LogP contribution in [0.4, 0.5) is 11.4 Å². The van der Waals surface area contributed by atoms with E-state index in [-0.39, 0.29) is 18.0 Å². The van der Waals surface area contributed by atoms with Crippen LogP contribution in [0.5, 0.6) is 0 Å². The topological polar surface area (TPSA) is 85.1 Å². The maximum atomic E-state index is 12.6. The van der Waals surface area contributed by atoms with Crippen molar-refractivity contribution in [2.24, 2.45) is 0 Å². The van der Waals surface area contributed by atoms with E-state index in [1.54, 1.807) is 35.6 Å². The van der Waals surface area contributed by atoms with Gasteiger partial charge in [0.15, 0.2) is 0 Å². The van der Waals surface area contributed by atoms with Crippen molar-refractivity contribution in [3.8, 4) is 10.6 Å². The Balaban J connectivity index is 1.61. The maximum Gasteiger partial charge on any atom is 0.273 e. The van der Waals surface area contributed by atoms with E-state index < -0.39 is 4.92 Å². The molecule has 7 heteroatoms. The fraction of sp³-hybridized carbons (Fsp3) is 0.0476. The van der Waals surface area contributed by atoms with E-state index in [0.717, 1.165) is 20.8 Å². The minimum atomic E-state index is -0.475. The van der Waals surface area contributed by atoms with Gasteiger partial charge in [0.1, 0.15) is 5.01 Å². The number of nitro benzene ring substituents is 1.